The van der Waals surface area contributed by atoms with Crippen LogP contribution in [0.2, 0.25) is 0 Å². The number of ether oxygens (including phenoxy) is 3. The van der Waals surface area contributed by atoms with Gasteiger partial charge in [-0.15, -0.1) is 0 Å². The van der Waals surface area contributed by atoms with E-state index in [1.54, 1.807) is 30.3 Å². The molecule has 1 aliphatic rings. The zero-order chi connectivity index (χ0) is 17.6. The van der Waals surface area contributed by atoms with Crippen molar-refractivity contribution in [2.45, 2.75) is 6.10 Å². The van der Waals surface area contributed by atoms with E-state index in [1.807, 2.05) is 0 Å². The van der Waals surface area contributed by atoms with Crippen LogP contribution < -0.4 is 25.1 Å². The van der Waals surface area contributed by atoms with Crippen molar-refractivity contribution in [3.05, 3.63) is 54.3 Å². The zero-order valence-electron chi connectivity index (χ0n) is 13.0. The highest BCUT2D eigenvalue weighted by molar-refractivity contribution is 5.85. The second kappa shape index (κ2) is 7.52. The van der Waals surface area contributed by atoms with Crippen LogP contribution in [0.3, 0.4) is 0 Å². The monoisotopic (exact) mass is 346 g/mol. The Hall–Kier alpha value is -3.29. The minimum Gasteiger partial charge on any atom is -0.485 e. The highest BCUT2D eigenvalue weighted by Crippen LogP contribution is 2.30. The van der Waals surface area contributed by atoms with E-state index >= 15 is 0 Å². The van der Waals surface area contributed by atoms with Crippen molar-refractivity contribution in [3.63, 3.8) is 0 Å². The number of benzene rings is 2. The quantitative estimate of drug-likeness (QED) is 0.813. The number of carbonyl (C=O) groups is 2. The van der Waals surface area contributed by atoms with Crippen LogP contribution in [0.25, 0.3) is 0 Å². The Bertz CT molecular complexity index is 783. The molecule has 3 rings (SSSR count). The summed E-state index contributed by atoms with van der Waals surface area (Å²) < 4.78 is 29.3. The number of carbonyl (C=O) groups excluding carboxylic acids is 2. The van der Waals surface area contributed by atoms with Crippen LogP contribution >= 0.6 is 0 Å². The van der Waals surface area contributed by atoms with Crippen molar-refractivity contribution in [1.29, 1.82) is 0 Å². The minimum atomic E-state index is -0.900. The van der Waals surface area contributed by atoms with Gasteiger partial charge in [0.25, 0.3) is 11.8 Å². The summed E-state index contributed by atoms with van der Waals surface area (Å²) in [5.41, 5.74) is 4.39. The maximum Gasteiger partial charge on any atom is 0.283 e. The van der Waals surface area contributed by atoms with Crippen molar-refractivity contribution in [3.8, 4) is 17.2 Å². The standard InChI is InChI=1S/C17H15FN2O5/c18-11-5-1-2-6-12(11)24-10-16(21)19-20-17(22)15-9-23-13-7-3-4-8-14(13)25-15/h1-8,15H,9-10H2,(H,19,21)(H,20,22)/t15-/m0/s1. The first kappa shape index (κ1) is 16.6. The third-order valence-corrected chi connectivity index (χ3v) is 3.32. The average Bonchev–Trinajstić information content (AvgIpc) is 2.65. The average molecular weight is 346 g/mol. The fourth-order valence-corrected chi connectivity index (χ4v) is 2.10. The topological polar surface area (TPSA) is 85.9 Å². The second-order valence-electron chi connectivity index (χ2n) is 5.12. The SMILES string of the molecule is O=C(COc1ccccc1F)NNC(=O)[C@@H]1COc2ccccc2O1. The van der Waals surface area contributed by atoms with Crippen LogP contribution in [0.1, 0.15) is 0 Å². The normalized spacial score (nSPS) is 15.2. The molecule has 0 spiro atoms. The Kier molecular flexibility index (Phi) is 4.98. The minimum absolute atomic E-state index is 0.0183. The molecule has 2 aromatic carbocycles. The molecule has 7 nitrogen and oxygen atoms in total. The predicted octanol–water partition coefficient (Wildman–Crippen LogP) is 1.19. The number of hydrogen-bond acceptors (Lipinski definition) is 5. The molecule has 0 unspecified atom stereocenters. The van der Waals surface area contributed by atoms with E-state index in [0.29, 0.717) is 11.5 Å². The molecule has 0 aromatic heterocycles. The Morgan fingerprint density at radius 1 is 1.08 bits per heavy atom. The Morgan fingerprint density at radius 2 is 1.80 bits per heavy atom. The zero-order valence-corrected chi connectivity index (χ0v) is 13.0. The molecule has 25 heavy (non-hydrogen) atoms. The van der Waals surface area contributed by atoms with E-state index in [2.05, 4.69) is 10.9 Å². The number of rotatable bonds is 4. The molecule has 0 radical (unpaired) electrons. The summed E-state index contributed by atoms with van der Waals surface area (Å²) >= 11 is 0. The van der Waals surface area contributed by atoms with E-state index in [1.165, 1.54) is 18.2 Å². The lowest BCUT2D eigenvalue weighted by atomic mass is 10.2. The van der Waals surface area contributed by atoms with Gasteiger partial charge in [0.05, 0.1) is 0 Å². The highest BCUT2D eigenvalue weighted by atomic mass is 19.1. The molecular weight excluding hydrogens is 331 g/mol. The van der Waals surface area contributed by atoms with Gasteiger partial charge in [0.1, 0.15) is 6.61 Å². The van der Waals surface area contributed by atoms with Crippen LogP contribution in [-0.4, -0.2) is 31.1 Å². The van der Waals surface area contributed by atoms with Crippen LogP contribution in [0.15, 0.2) is 48.5 Å². The van der Waals surface area contributed by atoms with Crippen LogP contribution in [0.5, 0.6) is 17.2 Å². The lowest BCUT2D eigenvalue weighted by molar-refractivity contribution is -0.135. The molecule has 0 bridgehead atoms. The number of halogens is 1. The number of para-hydroxylation sites is 3. The molecule has 2 N–H and O–H groups in total. The van der Waals surface area contributed by atoms with E-state index in [9.17, 15) is 14.0 Å². The van der Waals surface area contributed by atoms with E-state index in [4.69, 9.17) is 14.2 Å². The van der Waals surface area contributed by atoms with E-state index in [-0.39, 0.29) is 12.4 Å². The van der Waals surface area contributed by atoms with Crippen LogP contribution in [0.4, 0.5) is 4.39 Å². The van der Waals surface area contributed by atoms with Crippen molar-refractivity contribution < 1.29 is 28.2 Å². The Balaban J connectivity index is 1.45. The first-order chi connectivity index (χ1) is 12.1. The first-order valence-electron chi connectivity index (χ1n) is 7.48. The van der Waals surface area contributed by atoms with E-state index in [0.717, 1.165) is 0 Å². The number of fused-ring (bicyclic) bond motifs is 1. The molecule has 2 aromatic rings. The summed E-state index contributed by atoms with van der Waals surface area (Å²) in [5, 5.41) is 0. The van der Waals surface area contributed by atoms with Crippen molar-refractivity contribution in [2.24, 2.45) is 0 Å². The van der Waals surface area contributed by atoms with Crippen molar-refractivity contribution in [2.75, 3.05) is 13.2 Å². The third-order valence-electron chi connectivity index (χ3n) is 3.32. The summed E-state index contributed by atoms with van der Waals surface area (Å²) in [4.78, 5) is 23.7. The van der Waals surface area contributed by atoms with Gasteiger partial charge in [0.2, 0.25) is 6.10 Å². The van der Waals surface area contributed by atoms with Gasteiger partial charge in [-0.05, 0) is 24.3 Å². The number of nitrogens with one attached hydrogen (secondary N) is 2. The van der Waals surface area contributed by atoms with Crippen molar-refractivity contribution >= 4 is 11.8 Å². The van der Waals surface area contributed by atoms with Crippen LogP contribution in [-0.2, 0) is 9.59 Å². The molecular formula is C17H15FN2O5. The number of hydrazine groups is 1. The van der Waals surface area contributed by atoms with Gasteiger partial charge in [-0.25, -0.2) is 4.39 Å². The molecule has 1 atom stereocenters. The Labute approximate surface area is 142 Å². The van der Waals surface area contributed by atoms with Gasteiger partial charge in [-0.3, -0.25) is 20.4 Å². The van der Waals surface area contributed by atoms with Gasteiger partial charge >= 0.3 is 0 Å². The molecule has 130 valence electrons. The molecule has 0 aliphatic carbocycles. The molecule has 0 saturated carbocycles. The summed E-state index contributed by atoms with van der Waals surface area (Å²) in [6.45, 7) is -0.434. The van der Waals surface area contributed by atoms with Gasteiger partial charge in [-0.1, -0.05) is 24.3 Å². The van der Waals surface area contributed by atoms with Gasteiger partial charge in [-0.2, -0.15) is 0 Å². The van der Waals surface area contributed by atoms with Gasteiger partial charge < -0.3 is 14.2 Å². The molecule has 0 fully saturated rings. The summed E-state index contributed by atoms with van der Waals surface area (Å²) in [6, 6.07) is 12.6. The molecule has 0 saturated heterocycles. The summed E-state index contributed by atoms with van der Waals surface area (Å²) in [6.07, 6.45) is -0.900. The predicted molar refractivity (Wildman–Crippen MR) is 84.5 cm³/mol. The van der Waals surface area contributed by atoms with Crippen molar-refractivity contribution in [1.82, 2.24) is 10.9 Å². The third kappa shape index (κ3) is 4.17. The molecule has 1 heterocycles. The smallest absolute Gasteiger partial charge is 0.283 e. The number of amides is 2. The van der Waals surface area contributed by atoms with Crippen LogP contribution in [0, 0.1) is 5.82 Å². The first-order valence-corrected chi connectivity index (χ1v) is 7.48. The molecule has 2 amide bonds. The lowest BCUT2D eigenvalue weighted by Gasteiger charge is -2.25. The maximum absolute atomic E-state index is 13.4. The maximum atomic E-state index is 13.4. The molecule has 8 heteroatoms. The van der Waals surface area contributed by atoms with Gasteiger partial charge in [0, 0.05) is 0 Å². The summed E-state index contributed by atoms with van der Waals surface area (Å²) in [7, 11) is 0. The summed E-state index contributed by atoms with van der Waals surface area (Å²) in [5.74, 6) is -0.852. The fraction of sp³-hybridized carbons (Fsp3) is 0.176. The van der Waals surface area contributed by atoms with Gasteiger partial charge in [0.15, 0.2) is 29.7 Å². The highest BCUT2D eigenvalue weighted by Gasteiger charge is 2.27. The molecule has 1 aliphatic heterocycles. The van der Waals surface area contributed by atoms with E-state index < -0.39 is 30.3 Å². The lowest BCUT2D eigenvalue weighted by Crippen LogP contribution is -2.51. The largest absolute Gasteiger partial charge is 0.485 e. The fourth-order valence-electron chi connectivity index (χ4n) is 2.10. The second-order valence-corrected chi connectivity index (χ2v) is 5.12. The number of hydrogen-bond donors (Lipinski definition) is 2. The Morgan fingerprint density at radius 3 is 2.60 bits per heavy atom.